The van der Waals surface area contributed by atoms with Crippen LogP contribution >= 0.6 is 0 Å². The van der Waals surface area contributed by atoms with E-state index in [1.807, 2.05) is 12.2 Å². The summed E-state index contributed by atoms with van der Waals surface area (Å²) >= 11 is 0. The standard InChI is InChI=1S/C26H40N4O8S/c1-25(2,3)38-24(35)27-19-10-8-6-4-5-7-9-16-14-26(16,23(34)29-39(36,37)18-11-12-18)28-21(32)20-13-17(31)15-30(20)22(19)33/h7,9,16-20,31H,4-6,8,10-15H2,1-3H3,(H,27,35)(H,28,32)(H,29,34)/b9-7-/t16?,17-,19+,20+,26-/m1/s1. The molecule has 1 unspecified atom stereocenters. The minimum atomic E-state index is -3.83. The molecule has 4 aliphatic rings. The Kier molecular flexibility index (Phi) is 8.32. The van der Waals surface area contributed by atoms with Crippen molar-refractivity contribution in [1.29, 1.82) is 0 Å². The summed E-state index contributed by atoms with van der Waals surface area (Å²) in [5.41, 5.74) is -2.22. The molecule has 3 fully saturated rings. The number of rotatable bonds is 4. The van der Waals surface area contributed by atoms with E-state index in [1.54, 1.807) is 20.8 Å². The van der Waals surface area contributed by atoms with Gasteiger partial charge in [-0.1, -0.05) is 25.0 Å². The highest BCUT2D eigenvalue weighted by Crippen LogP contribution is 2.46. The zero-order valence-corrected chi connectivity index (χ0v) is 23.6. The molecule has 0 radical (unpaired) electrons. The number of aliphatic hydroxyl groups is 1. The number of allylic oxidation sites excluding steroid dienone is 1. The van der Waals surface area contributed by atoms with Crippen molar-refractivity contribution in [1.82, 2.24) is 20.3 Å². The topological polar surface area (TPSA) is 171 Å². The summed E-state index contributed by atoms with van der Waals surface area (Å²) in [6.45, 7) is 5.02. The second kappa shape index (κ2) is 11.1. The summed E-state index contributed by atoms with van der Waals surface area (Å²) in [5, 5.41) is 15.2. The molecule has 39 heavy (non-hydrogen) atoms. The number of ether oxygens (including phenoxy) is 1. The number of aliphatic hydroxyl groups excluding tert-OH is 1. The second-order valence-electron chi connectivity index (χ2n) is 12.1. The summed E-state index contributed by atoms with van der Waals surface area (Å²) in [6.07, 6.45) is 6.46. The maximum Gasteiger partial charge on any atom is 0.408 e. The van der Waals surface area contributed by atoms with Crippen LogP contribution in [0.25, 0.3) is 0 Å². The van der Waals surface area contributed by atoms with E-state index < -0.39 is 74.3 Å². The third-order valence-corrected chi connectivity index (χ3v) is 9.37. The SMILES string of the molecule is CC(C)(C)OC(=O)N[C@H]1CCCCC/C=C\C2C[C@@]2(C(=O)NS(=O)(=O)C2CC2)NC(=O)[C@@H]2C[C@@H](O)CN2C1=O. The highest BCUT2D eigenvalue weighted by Gasteiger charge is 2.62. The number of carbonyl (C=O) groups is 4. The lowest BCUT2D eigenvalue weighted by Crippen LogP contribution is -2.58. The molecular formula is C26H40N4O8S. The minimum Gasteiger partial charge on any atom is -0.444 e. The van der Waals surface area contributed by atoms with Crippen LogP contribution in [0.4, 0.5) is 4.79 Å². The summed E-state index contributed by atoms with van der Waals surface area (Å²) in [5.74, 6) is -2.35. The Morgan fingerprint density at radius 3 is 2.54 bits per heavy atom. The van der Waals surface area contributed by atoms with E-state index in [1.165, 1.54) is 4.90 Å². The molecule has 0 spiro atoms. The predicted octanol–water partition coefficient (Wildman–Crippen LogP) is 0.845. The molecule has 218 valence electrons. The Hall–Kier alpha value is -2.67. The normalized spacial score (nSPS) is 33.0. The highest BCUT2D eigenvalue weighted by atomic mass is 32.2. The van der Waals surface area contributed by atoms with Crippen molar-refractivity contribution in [3.8, 4) is 0 Å². The lowest BCUT2D eigenvalue weighted by Gasteiger charge is -2.30. The molecule has 4 N–H and O–H groups in total. The van der Waals surface area contributed by atoms with E-state index in [0.29, 0.717) is 32.1 Å². The number of hydrogen-bond acceptors (Lipinski definition) is 8. The van der Waals surface area contributed by atoms with Gasteiger partial charge in [-0.25, -0.2) is 13.2 Å². The van der Waals surface area contributed by atoms with E-state index in [-0.39, 0.29) is 19.4 Å². The molecule has 5 atom stereocenters. The number of carbonyl (C=O) groups excluding carboxylic acids is 4. The summed E-state index contributed by atoms with van der Waals surface area (Å²) in [6, 6.07) is -2.05. The molecular weight excluding hydrogens is 528 g/mol. The van der Waals surface area contributed by atoms with Gasteiger partial charge in [-0.15, -0.1) is 0 Å². The van der Waals surface area contributed by atoms with Gasteiger partial charge in [0.15, 0.2) is 0 Å². The third kappa shape index (κ3) is 7.10. The second-order valence-corrected chi connectivity index (χ2v) is 14.1. The molecule has 4 amide bonds. The Balaban J connectivity index is 1.57. The fourth-order valence-electron chi connectivity index (χ4n) is 5.23. The van der Waals surface area contributed by atoms with Crippen LogP contribution in [0.3, 0.4) is 0 Å². The number of amides is 4. The lowest BCUT2D eigenvalue weighted by atomic mass is 10.0. The van der Waals surface area contributed by atoms with Gasteiger partial charge in [0.2, 0.25) is 21.8 Å². The molecule has 2 aliphatic carbocycles. The lowest BCUT2D eigenvalue weighted by molar-refractivity contribution is -0.141. The van der Waals surface area contributed by atoms with Gasteiger partial charge in [-0.3, -0.25) is 19.1 Å². The fraction of sp³-hybridized carbons (Fsp3) is 0.769. The predicted molar refractivity (Wildman–Crippen MR) is 141 cm³/mol. The van der Waals surface area contributed by atoms with Crippen LogP contribution in [0, 0.1) is 5.92 Å². The highest BCUT2D eigenvalue weighted by molar-refractivity contribution is 7.91. The quantitative estimate of drug-likeness (QED) is 0.362. The Morgan fingerprint density at radius 1 is 1.15 bits per heavy atom. The van der Waals surface area contributed by atoms with Gasteiger partial charge in [0.1, 0.15) is 23.2 Å². The van der Waals surface area contributed by atoms with Gasteiger partial charge in [-0.05, 0) is 59.3 Å². The van der Waals surface area contributed by atoms with Gasteiger partial charge in [0.25, 0.3) is 5.91 Å². The van der Waals surface area contributed by atoms with Crippen molar-refractivity contribution >= 4 is 33.8 Å². The zero-order valence-electron chi connectivity index (χ0n) is 22.8. The molecule has 12 nitrogen and oxygen atoms in total. The number of alkyl carbamates (subject to hydrolysis) is 1. The van der Waals surface area contributed by atoms with Gasteiger partial charge in [0, 0.05) is 18.9 Å². The average Bonchev–Trinajstić information content (AvgIpc) is 3.73. The molecule has 4 rings (SSSR count). The Bertz CT molecular complexity index is 1130. The molecule has 0 bridgehead atoms. The van der Waals surface area contributed by atoms with Crippen molar-refractivity contribution in [2.45, 2.75) is 113 Å². The van der Waals surface area contributed by atoms with Crippen LogP contribution in [0.15, 0.2) is 12.2 Å². The molecule has 0 aromatic rings. The monoisotopic (exact) mass is 568 g/mol. The van der Waals surface area contributed by atoms with Gasteiger partial charge in [-0.2, -0.15) is 0 Å². The minimum absolute atomic E-state index is 0.0463. The van der Waals surface area contributed by atoms with Crippen LogP contribution in [0.5, 0.6) is 0 Å². The third-order valence-electron chi connectivity index (χ3n) is 7.55. The van der Waals surface area contributed by atoms with Gasteiger partial charge in [0.05, 0.1) is 11.4 Å². The van der Waals surface area contributed by atoms with Crippen LogP contribution in [-0.2, 0) is 29.1 Å². The van der Waals surface area contributed by atoms with E-state index in [2.05, 4.69) is 15.4 Å². The van der Waals surface area contributed by atoms with E-state index >= 15 is 0 Å². The van der Waals surface area contributed by atoms with E-state index in [9.17, 15) is 32.7 Å². The number of nitrogens with one attached hydrogen (secondary N) is 3. The number of hydrogen-bond donors (Lipinski definition) is 4. The maximum atomic E-state index is 13.6. The molecule has 0 aromatic heterocycles. The molecule has 13 heteroatoms. The Labute approximate surface area is 229 Å². The van der Waals surface area contributed by atoms with Crippen molar-refractivity contribution in [3.05, 3.63) is 12.2 Å². The van der Waals surface area contributed by atoms with Crippen molar-refractivity contribution in [2.24, 2.45) is 5.92 Å². The maximum absolute atomic E-state index is 13.6. The first-order chi connectivity index (χ1) is 18.2. The van der Waals surface area contributed by atoms with Crippen LogP contribution in [0.2, 0.25) is 0 Å². The number of sulfonamides is 1. The van der Waals surface area contributed by atoms with E-state index in [4.69, 9.17) is 4.74 Å². The van der Waals surface area contributed by atoms with E-state index in [0.717, 1.165) is 12.8 Å². The van der Waals surface area contributed by atoms with Crippen LogP contribution < -0.4 is 15.4 Å². The fourth-order valence-corrected chi connectivity index (χ4v) is 6.59. The number of nitrogens with zero attached hydrogens (tertiary/aromatic N) is 1. The van der Waals surface area contributed by atoms with Crippen molar-refractivity contribution in [2.75, 3.05) is 6.54 Å². The zero-order chi connectivity index (χ0) is 28.6. The number of fused-ring (bicyclic) bond motifs is 2. The molecule has 2 aliphatic heterocycles. The van der Waals surface area contributed by atoms with Crippen LogP contribution in [-0.4, -0.2) is 83.4 Å². The van der Waals surface area contributed by atoms with Crippen molar-refractivity contribution in [3.63, 3.8) is 0 Å². The Morgan fingerprint density at radius 2 is 1.87 bits per heavy atom. The molecule has 0 aromatic carbocycles. The first kappa shape index (κ1) is 29.3. The van der Waals surface area contributed by atoms with Gasteiger partial charge >= 0.3 is 6.09 Å². The molecule has 2 saturated carbocycles. The van der Waals surface area contributed by atoms with Gasteiger partial charge < -0.3 is 25.4 Å². The summed E-state index contributed by atoms with van der Waals surface area (Å²) < 4.78 is 32.4. The first-order valence-electron chi connectivity index (χ1n) is 13.7. The average molecular weight is 569 g/mol. The van der Waals surface area contributed by atoms with Crippen molar-refractivity contribution < 1.29 is 37.4 Å². The summed E-state index contributed by atoms with van der Waals surface area (Å²) in [7, 11) is -3.83. The largest absolute Gasteiger partial charge is 0.444 e. The summed E-state index contributed by atoms with van der Waals surface area (Å²) in [4.78, 5) is 54.1. The first-order valence-corrected chi connectivity index (χ1v) is 15.3. The molecule has 2 heterocycles. The van der Waals surface area contributed by atoms with Crippen LogP contribution in [0.1, 0.15) is 78.6 Å². The smallest absolute Gasteiger partial charge is 0.408 e. The molecule has 1 saturated heterocycles.